The number of nitrogens with one attached hydrogen (secondary N) is 1. The molecule has 1 aliphatic heterocycles. The largest absolute Gasteiger partial charge is 0.497 e. The van der Waals surface area contributed by atoms with Crippen molar-refractivity contribution in [2.45, 2.75) is 32.3 Å². The molecule has 6 nitrogen and oxygen atoms in total. The van der Waals surface area contributed by atoms with Crippen molar-refractivity contribution in [3.05, 3.63) is 36.7 Å². The Morgan fingerprint density at radius 1 is 1.08 bits per heavy atom. The average Bonchev–Trinajstić information content (AvgIpc) is 2.68. The van der Waals surface area contributed by atoms with Crippen LogP contribution in [-0.4, -0.2) is 42.8 Å². The van der Waals surface area contributed by atoms with Gasteiger partial charge in [-0.05, 0) is 50.5 Å². The first-order chi connectivity index (χ1) is 12.2. The van der Waals surface area contributed by atoms with Crippen LogP contribution in [0.5, 0.6) is 11.5 Å². The molecule has 1 N–H and O–H groups in total. The standard InChI is InChI=1S/C19H26N4O2/c1-15(25-17-8-6-16(24-2)7-9-17)13-20-18-12-19(22-14-21-18)23-10-4-3-5-11-23/h6-9,12,14-15H,3-5,10-11,13H2,1-2H3,(H,20,21,22). The fourth-order valence-electron chi connectivity index (χ4n) is 2.92. The van der Waals surface area contributed by atoms with Gasteiger partial charge in [0.1, 0.15) is 35.6 Å². The summed E-state index contributed by atoms with van der Waals surface area (Å²) in [6, 6.07) is 9.63. The van der Waals surface area contributed by atoms with Crippen LogP contribution < -0.4 is 19.7 Å². The molecule has 6 heteroatoms. The van der Waals surface area contributed by atoms with E-state index in [9.17, 15) is 0 Å². The van der Waals surface area contributed by atoms with Crippen LogP contribution in [0, 0.1) is 0 Å². The third-order valence-electron chi connectivity index (χ3n) is 4.30. The van der Waals surface area contributed by atoms with E-state index in [0.717, 1.165) is 36.2 Å². The molecule has 1 unspecified atom stereocenters. The summed E-state index contributed by atoms with van der Waals surface area (Å²) in [6.07, 6.45) is 5.43. The van der Waals surface area contributed by atoms with Crippen LogP contribution in [0.4, 0.5) is 11.6 Å². The van der Waals surface area contributed by atoms with Gasteiger partial charge < -0.3 is 19.7 Å². The summed E-state index contributed by atoms with van der Waals surface area (Å²) in [5.41, 5.74) is 0. The van der Waals surface area contributed by atoms with Crippen LogP contribution in [0.3, 0.4) is 0 Å². The molecule has 0 aliphatic carbocycles. The van der Waals surface area contributed by atoms with Gasteiger partial charge in [-0.1, -0.05) is 0 Å². The SMILES string of the molecule is COc1ccc(OC(C)CNc2cc(N3CCCCC3)ncn2)cc1. The highest BCUT2D eigenvalue weighted by molar-refractivity contribution is 5.48. The van der Waals surface area contributed by atoms with E-state index in [1.165, 1.54) is 19.3 Å². The number of rotatable bonds is 7. The van der Waals surface area contributed by atoms with E-state index < -0.39 is 0 Å². The first-order valence-electron chi connectivity index (χ1n) is 8.86. The maximum absolute atomic E-state index is 5.91. The highest BCUT2D eigenvalue weighted by Gasteiger charge is 2.13. The van der Waals surface area contributed by atoms with Gasteiger partial charge in [0.15, 0.2) is 0 Å². The molecule has 1 aromatic carbocycles. The highest BCUT2D eigenvalue weighted by Crippen LogP contribution is 2.20. The summed E-state index contributed by atoms with van der Waals surface area (Å²) in [6.45, 7) is 4.85. The Morgan fingerprint density at radius 2 is 1.80 bits per heavy atom. The number of ether oxygens (including phenoxy) is 2. The predicted octanol–water partition coefficient (Wildman–Crippen LogP) is 3.35. The first kappa shape index (κ1) is 17.3. The van der Waals surface area contributed by atoms with E-state index in [2.05, 4.69) is 20.2 Å². The second-order valence-corrected chi connectivity index (χ2v) is 6.29. The Balaban J connectivity index is 1.51. The van der Waals surface area contributed by atoms with Gasteiger partial charge in [-0.2, -0.15) is 0 Å². The maximum atomic E-state index is 5.91. The minimum atomic E-state index is 0.0156. The van der Waals surface area contributed by atoms with E-state index in [0.29, 0.717) is 6.54 Å². The van der Waals surface area contributed by atoms with Gasteiger partial charge in [0.2, 0.25) is 0 Å². The van der Waals surface area contributed by atoms with Crippen LogP contribution in [0.15, 0.2) is 36.7 Å². The molecule has 25 heavy (non-hydrogen) atoms. The lowest BCUT2D eigenvalue weighted by atomic mass is 10.1. The molecule has 1 saturated heterocycles. The topological polar surface area (TPSA) is 59.5 Å². The van der Waals surface area contributed by atoms with Gasteiger partial charge in [0, 0.05) is 19.2 Å². The molecule has 1 aliphatic rings. The van der Waals surface area contributed by atoms with Gasteiger partial charge >= 0.3 is 0 Å². The third kappa shape index (κ3) is 4.98. The van der Waals surface area contributed by atoms with Crippen molar-refractivity contribution in [3.63, 3.8) is 0 Å². The zero-order valence-electron chi connectivity index (χ0n) is 14.9. The Labute approximate surface area is 149 Å². The van der Waals surface area contributed by atoms with Crippen molar-refractivity contribution in [2.75, 3.05) is 37.0 Å². The minimum absolute atomic E-state index is 0.0156. The second-order valence-electron chi connectivity index (χ2n) is 6.29. The van der Waals surface area contributed by atoms with Crippen molar-refractivity contribution >= 4 is 11.6 Å². The van der Waals surface area contributed by atoms with Crippen molar-refractivity contribution in [3.8, 4) is 11.5 Å². The minimum Gasteiger partial charge on any atom is -0.497 e. The molecular weight excluding hydrogens is 316 g/mol. The lowest BCUT2D eigenvalue weighted by Crippen LogP contribution is -2.30. The highest BCUT2D eigenvalue weighted by atomic mass is 16.5. The fourth-order valence-corrected chi connectivity index (χ4v) is 2.92. The summed E-state index contributed by atoms with van der Waals surface area (Å²) in [4.78, 5) is 11.0. The van der Waals surface area contributed by atoms with Gasteiger partial charge in [-0.3, -0.25) is 0 Å². The van der Waals surface area contributed by atoms with E-state index in [1.54, 1.807) is 13.4 Å². The van der Waals surface area contributed by atoms with Gasteiger partial charge in [-0.25, -0.2) is 9.97 Å². The lowest BCUT2D eigenvalue weighted by Gasteiger charge is -2.27. The van der Waals surface area contributed by atoms with Crippen LogP contribution in [0.25, 0.3) is 0 Å². The quantitative estimate of drug-likeness (QED) is 0.833. The molecule has 0 amide bonds. The van der Waals surface area contributed by atoms with Gasteiger partial charge in [0.25, 0.3) is 0 Å². The first-order valence-corrected chi connectivity index (χ1v) is 8.86. The van der Waals surface area contributed by atoms with E-state index in [4.69, 9.17) is 9.47 Å². The lowest BCUT2D eigenvalue weighted by molar-refractivity contribution is 0.234. The maximum Gasteiger partial charge on any atom is 0.134 e. The molecule has 1 fully saturated rings. The Kier molecular flexibility index (Phi) is 5.93. The number of hydrogen-bond acceptors (Lipinski definition) is 6. The number of piperidine rings is 1. The molecule has 1 aromatic heterocycles. The van der Waals surface area contributed by atoms with E-state index >= 15 is 0 Å². The Hall–Kier alpha value is -2.50. The van der Waals surface area contributed by atoms with Crippen LogP contribution in [0.2, 0.25) is 0 Å². The Morgan fingerprint density at radius 3 is 2.52 bits per heavy atom. The molecule has 0 saturated carbocycles. The predicted molar refractivity (Wildman–Crippen MR) is 99.7 cm³/mol. The summed E-state index contributed by atoms with van der Waals surface area (Å²) >= 11 is 0. The summed E-state index contributed by atoms with van der Waals surface area (Å²) < 4.78 is 11.1. The zero-order valence-corrected chi connectivity index (χ0v) is 14.9. The Bertz CT molecular complexity index is 657. The number of hydrogen-bond donors (Lipinski definition) is 1. The molecule has 0 bridgehead atoms. The molecule has 134 valence electrons. The zero-order chi connectivity index (χ0) is 17.5. The number of methoxy groups -OCH3 is 1. The fraction of sp³-hybridized carbons (Fsp3) is 0.474. The van der Waals surface area contributed by atoms with Crippen LogP contribution >= 0.6 is 0 Å². The van der Waals surface area contributed by atoms with Crippen LogP contribution in [0.1, 0.15) is 26.2 Å². The number of benzene rings is 1. The number of aromatic nitrogens is 2. The van der Waals surface area contributed by atoms with Crippen LogP contribution in [-0.2, 0) is 0 Å². The van der Waals surface area contributed by atoms with E-state index in [1.807, 2.05) is 37.3 Å². The summed E-state index contributed by atoms with van der Waals surface area (Å²) in [5.74, 6) is 3.48. The second kappa shape index (κ2) is 8.55. The number of anilines is 2. The monoisotopic (exact) mass is 342 g/mol. The molecule has 2 heterocycles. The van der Waals surface area contributed by atoms with Crippen molar-refractivity contribution in [1.29, 1.82) is 0 Å². The molecule has 0 radical (unpaired) electrons. The molecule has 3 rings (SSSR count). The molecule has 2 aromatic rings. The number of nitrogens with zero attached hydrogens (tertiary/aromatic N) is 3. The van der Waals surface area contributed by atoms with Gasteiger partial charge in [-0.15, -0.1) is 0 Å². The smallest absolute Gasteiger partial charge is 0.134 e. The summed E-state index contributed by atoms with van der Waals surface area (Å²) in [7, 11) is 1.66. The third-order valence-corrected chi connectivity index (χ3v) is 4.30. The van der Waals surface area contributed by atoms with Crippen molar-refractivity contribution in [1.82, 2.24) is 9.97 Å². The average molecular weight is 342 g/mol. The van der Waals surface area contributed by atoms with Crippen molar-refractivity contribution in [2.24, 2.45) is 0 Å². The van der Waals surface area contributed by atoms with Crippen molar-refractivity contribution < 1.29 is 9.47 Å². The molecule has 0 spiro atoms. The van der Waals surface area contributed by atoms with E-state index in [-0.39, 0.29) is 6.10 Å². The van der Waals surface area contributed by atoms with Gasteiger partial charge in [0.05, 0.1) is 13.7 Å². The normalized spacial score (nSPS) is 15.5. The molecular formula is C19H26N4O2. The molecule has 1 atom stereocenters. The summed E-state index contributed by atoms with van der Waals surface area (Å²) in [5, 5.41) is 3.34.